The molecule has 1 aromatic heterocycles. The normalized spacial score (nSPS) is 24.0. The number of anilines is 1. The Bertz CT molecular complexity index is 1170. The van der Waals surface area contributed by atoms with Crippen LogP contribution in [0.4, 0.5) is 5.69 Å². The van der Waals surface area contributed by atoms with Crippen LogP contribution in [0.15, 0.2) is 52.0 Å². The molecule has 1 amide bonds. The Labute approximate surface area is 194 Å². The monoisotopic (exact) mass is 495 g/mol. The number of carbonyl (C=O) groups is 1. The zero-order valence-corrected chi connectivity index (χ0v) is 20.1. The standard InChI is InChI=1S/C22H29N3O6S2/c1-16(26)24-17-6-8-18(9-7-17)33(29,30)22-15-32(27,28)14-19(22)23-13-20(21-5-4-12-31-21)25-10-2-3-11-25/h4-9,12,19-20,22-23H,2-3,10-11,13-15H2,1H3,(H,24,26)/t19-,20?,22-/m0/s1. The highest BCUT2D eigenvalue weighted by molar-refractivity contribution is 7.96. The summed E-state index contributed by atoms with van der Waals surface area (Å²) in [4.78, 5) is 13.5. The molecule has 2 saturated heterocycles. The first-order valence-electron chi connectivity index (χ1n) is 11.0. The zero-order valence-electron chi connectivity index (χ0n) is 18.4. The number of hydrogen-bond donors (Lipinski definition) is 2. The van der Waals surface area contributed by atoms with Crippen molar-refractivity contribution in [2.24, 2.45) is 0 Å². The summed E-state index contributed by atoms with van der Waals surface area (Å²) in [5, 5.41) is 4.75. The van der Waals surface area contributed by atoms with Gasteiger partial charge in [-0.15, -0.1) is 0 Å². The maximum absolute atomic E-state index is 13.4. The minimum atomic E-state index is -3.92. The third kappa shape index (κ3) is 5.48. The lowest BCUT2D eigenvalue weighted by molar-refractivity contribution is -0.114. The highest BCUT2D eigenvalue weighted by Crippen LogP contribution is 2.29. The van der Waals surface area contributed by atoms with Gasteiger partial charge in [-0.1, -0.05) is 0 Å². The molecule has 180 valence electrons. The molecule has 1 aromatic carbocycles. The molecule has 0 saturated carbocycles. The molecule has 0 spiro atoms. The van der Waals surface area contributed by atoms with Crippen molar-refractivity contribution < 1.29 is 26.0 Å². The van der Waals surface area contributed by atoms with E-state index in [2.05, 4.69) is 15.5 Å². The van der Waals surface area contributed by atoms with Gasteiger partial charge in [0.25, 0.3) is 0 Å². The van der Waals surface area contributed by atoms with Gasteiger partial charge in [-0.25, -0.2) is 16.8 Å². The summed E-state index contributed by atoms with van der Waals surface area (Å²) in [5.74, 6) is -0.138. The summed E-state index contributed by atoms with van der Waals surface area (Å²) >= 11 is 0. The summed E-state index contributed by atoms with van der Waals surface area (Å²) in [6, 6.07) is 8.69. The van der Waals surface area contributed by atoms with Gasteiger partial charge < -0.3 is 15.1 Å². The van der Waals surface area contributed by atoms with Gasteiger partial charge in [0, 0.05) is 25.2 Å². The Morgan fingerprint density at radius 3 is 2.45 bits per heavy atom. The van der Waals surface area contributed by atoms with Gasteiger partial charge in [0.1, 0.15) is 5.76 Å². The quantitative estimate of drug-likeness (QED) is 0.566. The van der Waals surface area contributed by atoms with Crippen LogP contribution in [0.1, 0.15) is 31.6 Å². The molecule has 3 heterocycles. The molecule has 0 bridgehead atoms. The van der Waals surface area contributed by atoms with Gasteiger partial charge in [0.15, 0.2) is 19.7 Å². The second kappa shape index (κ2) is 9.57. The lowest BCUT2D eigenvalue weighted by Crippen LogP contribution is -2.46. The number of amides is 1. The number of sulfone groups is 2. The largest absolute Gasteiger partial charge is 0.468 e. The smallest absolute Gasteiger partial charge is 0.221 e. The summed E-state index contributed by atoms with van der Waals surface area (Å²) in [6.07, 6.45) is 3.78. The van der Waals surface area contributed by atoms with Gasteiger partial charge in [0.2, 0.25) is 5.91 Å². The van der Waals surface area contributed by atoms with Crippen LogP contribution >= 0.6 is 0 Å². The molecule has 2 N–H and O–H groups in total. The summed E-state index contributed by atoms with van der Waals surface area (Å²) in [7, 11) is -7.43. The summed E-state index contributed by atoms with van der Waals surface area (Å²) in [5.41, 5.74) is 0.474. The van der Waals surface area contributed by atoms with E-state index in [0.717, 1.165) is 31.7 Å². The van der Waals surface area contributed by atoms with Crippen molar-refractivity contribution in [2.45, 2.75) is 42.0 Å². The van der Waals surface area contributed by atoms with E-state index in [4.69, 9.17) is 4.42 Å². The van der Waals surface area contributed by atoms with E-state index in [1.165, 1.54) is 31.2 Å². The molecular weight excluding hydrogens is 466 g/mol. The molecule has 3 atom stereocenters. The van der Waals surface area contributed by atoms with E-state index in [1.807, 2.05) is 12.1 Å². The van der Waals surface area contributed by atoms with Crippen molar-refractivity contribution in [1.82, 2.24) is 10.2 Å². The highest BCUT2D eigenvalue weighted by atomic mass is 32.2. The maximum atomic E-state index is 13.4. The first kappa shape index (κ1) is 23.9. The van der Waals surface area contributed by atoms with Crippen molar-refractivity contribution in [3.05, 3.63) is 48.4 Å². The van der Waals surface area contributed by atoms with Gasteiger partial charge >= 0.3 is 0 Å². The fraction of sp³-hybridized carbons (Fsp3) is 0.500. The average Bonchev–Trinajstić information content (AvgIpc) is 3.50. The fourth-order valence-electron chi connectivity index (χ4n) is 4.62. The Hall–Kier alpha value is -2.21. The number of furan rings is 1. The second-order valence-corrected chi connectivity index (χ2v) is 13.0. The Kier molecular flexibility index (Phi) is 6.94. The van der Waals surface area contributed by atoms with Gasteiger partial charge in [-0.3, -0.25) is 9.69 Å². The second-order valence-electron chi connectivity index (χ2n) is 8.65. The van der Waals surface area contributed by atoms with Gasteiger partial charge in [0.05, 0.1) is 34.0 Å². The first-order valence-corrected chi connectivity index (χ1v) is 14.4. The van der Waals surface area contributed by atoms with Crippen LogP contribution in [0.5, 0.6) is 0 Å². The SMILES string of the molecule is CC(=O)Nc1ccc(S(=O)(=O)[C@H]2CS(=O)(=O)C[C@@H]2NCC(c2ccco2)N2CCCC2)cc1. The van der Waals surface area contributed by atoms with Crippen LogP contribution in [0, 0.1) is 0 Å². The summed E-state index contributed by atoms with van der Waals surface area (Å²) < 4.78 is 57.3. The minimum Gasteiger partial charge on any atom is -0.468 e. The first-order chi connectivity index (χ1) is 15.7. The van der Waals surface area contributed by atoms with Crippen molar-refractivity contribution in [3.63, 3.8) is 0 Å². The molecule has 2 aliphatic heterocycles. The van der Waals surface area contributed by atoms with Gasteiger partial charge in [-0.2, -0.15) is 0 Å². The number of benzene rings is 1. The Morgan fingerprint density at radius 1 is 1.15 bits per heavy atom. The van der Waals surface area contributed by atoms with E-state index in [-0.39, 0.29) is 22.6 Å². The predicted octanol–water partition coefficient (Wildman–Crippen LogP) is 1.60. The third-order valence-electron chi connectivity index (χ3n) is 6.23. The molecule has 2 aromatic rings. The predicted molar refractivity (Wildman–Crippen MR) is 124 cm³/mol. The topological polar surface area (TPSA) is 126 Å². The number of rotatable bonds is 8. The van der Waals surface area contributed by atoms with Crippen LogP contribution < -0.4 is 10.6 Å². The molecule has 33 heavy (non-hydrogen) atoms. The number of likely N-dealkylation sites (tertiary alicyclic amines) is 1. The number of nitrogens with one attached hydrogen (secondary N) is 2. The van der Waals surface area contributed by atoms with Crippen LogP contribution in [-0.2, 0) is 24.5 Å². The summed E-state index contributed by atoms with van der Waals surface area (Å²) in [6.45, 7) is 3.58. The number of nitrogens with zero attached hydrogens (tertiary/aromatic N) is 1. The lowest BCUT2D eigenvalue weighted by Gasteiger charge is -2.28. The number of carbonyl (C=O) groups excluding carboxylic acids is 1. The average molecular weight is 496 g/mol. The molecule has 2 aliphatic rings. The highest BCUT2D eigenvalue weighted by Gasteiger charge is 2.46. The van der Waals surface area contributed by atoms with Crippen LogP contribution in [-0.4, -0.2) is 70.1 Å². The van der Waals surface area contributed by atoms with E-state index in [1.54, 1.807) is 6.26 Å². The van der Waals surface area contributed by atoms with Crippen molar-refractivity contribution in [1.29, 1.82) is 0 Å². The molecule has 9 nitrogen and oxygen atoms in total. The maximum Gasteiger partial charge on any atom is 0.221 e. The van der Waals surface area contributed by atoms with E-state index in [0.29, 0.717) is 12.2 Å². The van der Waals surface area contributed by atoms with Gasteiger partial charge in [-0.05, 0) is 62.3 Å². The molecule has 0 aliphatic carbocycles. The lowest BCUT2D eigenvalue weighted by atomic mass is 10.1. The van der Waals surface area contributed by atoms with Crippen molar-refractivity contribution >= 4 is 31.3 Å². The van der Waals surface area contributed by atoms with E-state index >= 15 is 0 Å². The van der Waals surface area contributed by atoms with E-state index in [9.17, 15) is 21.6 Å². The Morgan fingerprint density at radius 2 is 1.85 bits per heavy atom. The van der Waals surface area contributed by atoms with Crippen LogP contribution in [0.25, 0.3) is 0 Å². The fourth-order valence-corrected chi connectivity index (χ4v) is 9.34. The molecule has 2 fully saturated rings. The van der Waals surface area contributed by atoms with Crippen LogP contribution in [0.2, 0.25) is 0 Å². The number of hydrogen-bond acceptors (Lipinski definition) is 8. The molecule has 11 heteroatoms. The molecular formula is C22H29N3O6S2. The Balaban J connectivity index is 1.54. The third-order valence-corrected chi connectivity index (χ3v) is 10.4. The minimum absolute atomic E-state index is 0.0348. The van der Waals surface area contributed by atoms with Crippen molar-refractivity contribution in [3.8, 4) is 0 Å². The molecule has 0 radical (unpaired) electrons. The zero-order chi connectivity index (χ0) is 23.6. The molecule has 4 rings (SSSR count). The van der Waals surface area contributed by atoms with Crippen LogP contribution in [0.3, 0.4) is 0 Å². The molecule has 1 unspecified atom stereocenters. The van der Waals surface area contributed by atoms with E-state index < -0.39 is 36.7 Å². The van der Waals surface area contributed by atoms with Crippen molar-refractivity contribution in [2.75, 3.05) is 36.5 Å².